The predicted molar refractivity (Wildman–Crippen MR) is 171 cm³/mol. The predicted octanol–water partition coefficient (Wildman–Crippen LogP) is 10.5. The summed E-state index contributed by atoms with van der Waals surface area (Å²) >= 11 is 9.85. The summed E-state index contributed by atoms with van der Waals surface area (Å²) in [5.41, 5.74) is 6.17. The SMILES string of the molecule is CC1(C)CC(c2cccc(Br)c2)Cc2ccc3c(ccc4cc(Cl)ccc43)c21.N#Cc1ccc2ncccc2c1. The monoisotopic (exact) mass is 602 g/mol. The van der Waals surface area contributed by atoms with Crippen LogP contribution < -0.4 is 0 Å². The Morgan fingerprint density at radius 2 is 1.68 bits per heavy atom. The van der Waals surface area contributed by atoms with E-state index in [9.17, 15) is 0 Å². The Bertz CT molecular complexity index is 1940. The Hall–Kier alpha value is -3.71. The Morgan fingerprint density at radius 1 is 0.850 bits per heavy atom. The molecule has 1 unspecified atom stereocenters. The van der Waals surface area contributed by atoms with Crippen molar-refractivity contribution < 1.29 is 0 Å². The molecule has 1 aliphatic rings. The van der Waals surface area contributed by atoms with Crippen LogP contribution >= 0.6 is 27.5 Å². The molecule has 0 bridgehead atoms. The van der Waals surface area contributed by atoms with Crippen molar-refractivity contribution in [2.75, 3.05) is 0 Å². The van der Waals surface area contributed by atoms with E-state index in [1.54, 1.807) is 12.3 Å². The fourth-order valence-electron chi connectivity index (χ4n) is 6.33. The van der Waals surface area contributed by atoms with Gasteiger partial charge in [0.2, 0.25) is 0 Å². The number of rotatable bonds is 1. The number of nitrogens with zero attached hydrogens (tertiary/aromatic N) is 2. The number of fused-ring (bicyclic) bond motifs is 6. The van der Waals surface area contributed by atoms with Crippen LogP contribution in [0, 0.1) is 11.3 Å². The molecule has 5 aromatic carbocycles. The van der Waals surface area contributed by atoms with Gasteiger partial charge in [0.1, 0.15) is 0 Å². The molecular formula is C36H28BrClN2. The van der Waals surface area contributed by atoms with Crippen LogP contribution in [-0.4, -0.2) is 4.98 Å². The van der Waals surface area contributed by atoms with E-state index in [1.807, 2.05) is 30.3 Å². The van der Waals surface area contributed by atoms with Gasteiger partial charge in [-0.25, -0.2) is 0 Å². The van der Waals surface area contributed by atoms with Gasteiger partial charge in [0, 0.05) is 21.1 Å². The molecule has 0 fully saturated rings. The molecule has 40 heavy (non-hydrogen) atoms. The molecule has 0 amide bonds. The third kappa shape index (κ3) is 5.10. The molecule has 1 atom stereocenters. The molecule has 6 aromatic rings. The first-order valence-corrected chi connectivity index (χ1v) is 14.6. The molecule has 1 aliphatic carbocycles. The van der Waals surface area contributed by atoms with E-state index < -0.39 is 0 Å². The Morgan fingerprint density at radius 3 is 2.50 bits per heavy atom. The van der Waals surface area contributed by atoms with E-state index >= 15 is 0 Å². The van der Waals surface area contributed by atoms with Crippen LogP contribution in [0.2, 0.25) is 5.02 Å². The van der Waals surface area contributed by atoms with Crippen molar-refractivity contribution >= 4 is 60.0 Å². The van der Waals surface area contributed by atoms with Crippen molar-refractivity contribution in [3.63, 3.8) is 0 Å². The van der Waals surface area contributed by atoms with Crippen molar-refractivity contribution in [2.45, 2.75) is 38.0 Å². The molecule has 7 rings (SSSR count). The van der Waals surface area contributed by atoms with Crippen LogP contribution in [0.25, 0.3) is 32.4 Å². The molecular weight excluding hydrogens is 576 g/mol. The maximum absolute atomic E-state index is 8.63. The summed E-state index contributed by atoms with van der Waals surface area (Å²) in [6, 6.07) is 35.6. The molecule has 1 heterocycles. The minimum Gasteiger partial charge on any atom is -0.256 e. The number of nitriles is 1. The highest BCUT2D eigenvalue weighted by Crippen LogP contribution is 2.47. The summed E-state index contributed by atoms with van der Waals surface area (Å²) in [4.78, 5) is 4.15. The van der Waals surface area contributed by atoms with Gasteiger partial charge in [0.15, 0.2) is 0 Å². The average molecular weight is 604 g/mol. The van der Waals surface area contributed by atoms with Crippen molar-refractivity contribution in [3.8, 4) is 6.07 Å². The van der Waals surface area contributed by atoms with Crippen molar-refractivity contribution in [3.05, 3.63) is 135 Å². The third-order valence-electron chi connectivity index (χ3n) is 8.02. The maximum atomic E-state index is 8.63. The zero-order chi connectivity index (χ0) is 27.9. The van der Waals surface area contributed by atoms with E-state index in [1.165, 1.54) is 38.2 Å². The van der Waals surface area contributed by atoms with Crippen molar-refractivity contribution in [1.29, 1.82) is 5.26 Å². The van der Waals surface area contributed by atoms with Crippen molar-refractivity contribution in [2.24, 2.45) is 0 Å². The van der Waals surface area contributed by atoms with E-state index in [0.717, 1.165) is 33.2 Å². The van der Waals surface area contributed by atoms with E-state index in [2.05, 4.69) is 101 Å². The van der Waals surface area contributed by atoms with Gasteiger partial charge in [0.05, 0.1) is 17.1 Å². The fourth-order valence-corrected chi connectivity index (χ4v) is 6.93. The zero-order valence-electron chi connectivity index (χ0n) is 22.5. The minimum absolute atomic E-state index is 0.125. The molecule has 0 saturated carbocycles. The van der Waals surface area contributed by atoms with Crippen LogP contribution in [0.4, 0.5) is 0 Å². The van der Waals surface area contributed by atoms with Crippen LogP contribution in [0.1, 0.15) is 48.4 Å². The summed E-state index contributed by atoms with van der Waals surface area (Å²) in [6.45, 7) is 4.81. The van der Waals surface area contributed by atoms with Gasteiger partial charge in [-0.1, -0.05) is 89.9 Å². The number of aromatic nitrogens is 1. The van der Waals surface area contributed by atoms with Crippen LogP contribution in [0.5, 0.6) is 0 Å². The highest BCUT2D eigenvalue weighted by molar-refractivity contribution is 9.10. The molecule has 0 N–H and O–H groups in total. The van der Waals surface area contributed by atoms with Gasteiger partial charge in [-0.15, -0.1) is 0 Å². The zero-order valence-corrected chi connectivity index (χ0v) is 24.8. The van der Waals surface area contributed by atoms with Gasteiger partial charge in [-0.3, -0.25) is 4.98 Å². The Balaban J connectivity index is 0.000000201. The summed E-state index contributed by atoms with van der Waals surface area (Å²) in [6.07, 6.45) is 4.01. The molecule has 196 valence electrons. The average Bonchev–Trinajstić information content (AvgIpc) is 2.96. The van der Waals surface area contributed by atoms with Gasteiger partial charge in [0.25, 0.3) is 0 Å². The lowest BCUT2D eigenvalue weighted by Gasteiger charge is -2.39. The topological polar surface area (TPSA) is 36.7 Å². The maximum Gasteiger partial charge on any atom is 0.0991 e. The largest absolute Gasteiger partial charge is 0.256 e. The lowest BCUT2D eigenvalue weighted by molar-refractivity contribution is 0.395. The second-order valence-electron chi connectivity index (χ2n) is 11.2. The van der Waals surface area contributed by atoms with Gasteiger partial charge in [-0.2, -0.15) is 5.26 Å². The number of halogens is 2. The number of benzene rings is 5. The number of pyridine rings is 1. The molecule has 0 spiro atoms. The van der Waals surface area contributed by atoms with Gasteiger partial charge in [-0.05, 0) is 111 Å². The summed E-state index contributed by atoms with van der Waals surface area (Å²) in [5, 5.41) is 15.7. The lowest BCUT2D eigenvalue weighted by atomic mass is 9.65. The molecule has 0 saturated heterocycles. The summed E-state index contributed by atoms with van der Waals surface area (Å²) in [7, 11) is 0. The van der Waals surface area contributed by atoms with Crippen LogP contribution in [0.15, 0.2) is 108 Å². The smallest absolute Gasteiger partial charge is 0.0991 e. The Labute approximate surface area is 248 Å². The Kier molecular flexibility index (Phi) is 7.09. The fraction of sp³-hybridized carbons (Fsp3) is 0.167. The summed E-state index contributed by atoms with van der Waals surface area (Å²) < 4.78 is 1.16. The highest BCUT2D eigenvalue weighted by atomic mass is 79.9. The van der Waals surface area contributed by atoms with Crippen molar-refractivity contribution in [1.82, 2.24) is 4.98 Å². The quantitative estimate of drug-likeness (QED) is 0.175. The van der Waals surface area contributed by atoms with E-state index in [4.69, 9.17) is 16.9 Å². The highest BCUT2D eigenvalue weighted by Gasteiger charge is 2.35. The third-order valence-corrected chi connectivity index (χ3v) is 8.75. The molecule has 4 heteroatoms. The normalized spacial score (nSPS) is 15.7. The van der Waals surface area contributed by atoms with Gasteiger partial charge >= 0.3 is 0 Å². The van der Waals surface area contributed by atoms with Crippen LogP contribution in [-0.2, 0) is 11.8 Å². The van der Waals surface area contributed by atoms with E-state index in [-0.39, 0.29) is 5.41 Å². The first kappa shape index (κ1) is 26.5. The number of hydrogen-bond acceptors (Lipinski definition) is 2. The standard InChI is InChI=1S/C26H22BrCl.C10H6N2/c1-26(2)15-19(16-4-3-5-20(27)13-16)12-18-7-9-23-22-11-8-21(28)14-17(22)6-10-24(23)25(18)26;11-7-8-3-4-10-9(6-8)2-1-5-12-10/h3-11,13-14,19H,12,15H2,1-2H3;1-6H. The van der Waals surface area contributed by atoms with Gasteiger partial charge < -0.3 is 0 Å². The summed E-state index contributed by atoms with van der Waals surface area (Å²) in [5.74, 6) is 0.553. The second kappa shape index (κ2) is 10.7. The molecule has 0 aliphatic heterocycles. The first-order valence-electron chi connectivity index (χ1n) is 13.5. The number of hydrogen-bond donors (Lipinski definition) is 0. The molecule has 2 nitrogen and oxygen atoms in total. The molecule has 0 radical (unpaired) electrons. The minimum atomic E-state index is 0.125. The second-order valence-corrected chi connectivity index (χ2v) is 12.5. The molecule has 1 aromatic heterocycles. The first-order chi connectivity index (χ1) is 19.3. The van der Waals surface area contributed by atoms with Crippen LogP contribution in [0.3, 0.4) is 0 Å². The van der Waals surface area contributed by atoms with E-state index in [0.29, 0.717) is 11.5 Å². The lowest BCUT2D eigenvalue weighted by Crippen LogP contribution is -2.29.